The standard InChI is InChI=1S/C31H47N3O4/c1-3-34(4-2)22-13-21-32-24-26(25-37-29-18-12-16-27-15-8-9-17-28(27)29)14-6-5-7-19-30(35)33-38-31-20-10-11-23-36-31/h8-9,12,14-18,31-32H,3-7,10-11,13,19-25H2,1-2H3,(H,33,35). The third-order valence-corrected chi connectivity index (χ3v) is 6.97. The lowest BCUT2D eigenvalue weighted by molar-refractivity contribution is -0.200. The van der Waals surface area contributed by atoms with Crippen molar-refractivity contribution >= 4 is 16.7 Å². The Kier molecular flexibility index (Phi) is 14.2. The Morgan fingerprint density at radius 3 is 2.74 bits per heavy atom. The van der Waals surface area contributed by atoms with Crippen LogP contribution in [-0.4, -0.2) is 63.0 Å². The van der Waals surface area contributed by atoms with Crippen molar-refractivity contribution in [1.29, 1.82) is 0 Å². The van der Waals surface area contributed by atoms with Crippen molar-refractivity contribution in [2.24, 2.45) is 0 Å². The zero-order chi connectivity index (χ0) is 26.8. The summed E-state index contributed by atoms with van der Waals surface area (Å²) in [6.45, 7) is 10.8. The fourth-order valence-electron chi connectivity index (χ4n) is 4.61. The van der Waals surface area contributed by atoms with Gasteiger partial charge in [-0.2, -0.15) is 0 Å². The van der Waals surface area contributed by atoms with E-state index in [1.807, 2.05) is 18.2 Å². The van der Waals surface area contributed by atoms with Gasteiger partial charge in [-0.05, 0) is 81.7 Å². The molecule has 2 aromatic rings. The predicted molar refractivity (Wildman–Crippen MR) is 154 cm³/mol. The molecule has 3 rings (SSSR count). The van der Waals surface area contributed by atoms with Crippen molar-refractivity contribution in [1.82, 2.24) is 15.7 Å². The molecule has 0 saturated carbocycles. The molecule has 2 N–H and O–H groups in total. The maximum Gasteiger partial charge on any atom is 0.243 e. The first-order chi connectivity index (χ1) is 18.7. The highest BCUT2D eigenvalue weighted by molar-refractivity contribution is 5.88. The number of carbonyl (C=O) groups is 1. The molecular formula is C31H47N3O4. The number of hydrogen-bond donors (Lipinski definition) is 2. The van der Waals surface area contributed by atoms with Crippen molar-refractivity contribution in [3.8, 4) is 5.75 Å². The van der Waals surface area contributed by atoms with Crippen LogP contribution in [0.2, 0.25) is 0 Å². The van der Waals surface area contributed by atoms with E-state index in [9.17, 15) is 4.79 Å². The predicted octanol–water partition coefficient (Wildman–Crippen LogP) is 5.60. The highest BCUT2D eigenvalue weighted by Gasteiger charge is 2.15. The van der Waals surface area contributed by atoms with E-state index in [1.54, 1.807) is 0 Å². The van der Waals surface area contributed by atoms with Crippen molar-refractivity contribution in [3.63, 3.8) is 0 Å². The van der Waals surface area contributed by atoms with Crippen LogP contribution in [0.1, 0.15) is 65.2 Å². The van der Waals surface area contributed by atoms with Crippen LogP contribution >= 0.6 is 0 Å². The minimum absolute atomic E-state index is 0.0856. The zero-order valence-electron chi connectivity index (χ0n) is 23.4. The Morgan fingerprint density at radius 1 is 1.08 bits per heavy atom. The monoisotopic (exact) mass is 525 g/mol. The summed E-state index contributed by atoms with van der Waals surface area (Å²) in [6.07, 6.45) is 9.17. The van der Waals surface area contributed by atoms with Gasteiger partial charge in [-0.1, -0.05) is 56.3 Å². The van der Waals surface area contributed by atoms with Gasteiger partial charge in [0.2, 0.25) is 5.91 Å². The maximum absolute atomic E-state index is 12.1. The van der Waals surface area contributed by atoms with E-state index >= 15 is 0 Å². The van der Waals surface area contributed by atoms with E-state index in [4.69, 9.17) is 14.3 Å². The molecule has 1 amide bonds. The van der Waals surface area contributed by atoms with Crippen molar-refractivity contribution < 1.29 is 19.1 Å². The number of nitrogens with zero attached hydrogens (tertiary/aromatic N) is 1. The summed E-state index contributed by atoms with van der Waals surface area (Å²) in [5.74, 6) is 0.826. The smallest absolute Gasteiger partial charge is 0.243 e. The molecule has 1 saturated heterocycles. The molecule has 0 spiro atoms. The van der Waals surface area contributed by atoms with Gasteiger partial charge in [-0.3, -0.25) is 4.79 Å². The van der Waals surface area contributed by atoms with Crippen LogP contribution in [0.3, 0.4) is 0 Å². The van der Waals surface area contributed by atoms with Gasteiger partial charge >= 0.3 is 0 Å². The molecule has 7 heteroatoms. The lowest BCUT2D eigenvalue weighted by Gasteiger charge is -2.22. The van der Waals surface area contributed by atoms with Crippen LogP contribution in [-0.2, 0) is 14.4 Å². The van der Waals surface area contributed by atoms with E-state index in [0.29, 0.717) is 19.6 Å². The highest BCUT2D eigenvalue weighted by Crippen LogP contribution is 2.25. The molecule has 1 unspecified atom stereocenters. The molecule has 2 aromatic carbocycles. The molecule has 0 radical (unpaired) electrons. The summed E-state index contributed by atoms with van der Waals surface area (Å²) in [6, 6.07) is 14.5. The quantitative estimate of drug-likeness (QED) is 0.150. The normalized spacial score (nSPS) is 16.2. The molecule has 1 atom stereocenters. The number of benzene rings is 2. The molecular weight excluding hydrogens is 478 g/mol. The fourth-order valence-corrected chi connectivity index (χ4v) is 4.61. The molecule has 7 nitrogen and oxygen atoms in total. The third kappa shape index (κ3) is 11.1. The maximum atomic E-state index is 12.1. The number of nitrogens with one attached hydrogen (secondary N) is 2. The number of amides is 1. The largest absolute Gasteiger partial charge is 0.489 e. The topological polar surface area (TPSA) is 72.1 Å². The lowest BCUT2D eigenvalue weighted by atomic mass is 10.1. The van der Waals surface area contributed by atoms with Crippen molar-refractivity contribution in [2.45, 2.75) is 71.5 Å². The number of hydrogen-bond acceptors (Lipinski definition) is 6. The number of hydroxylamine groups is 1. The van der Waals surface area contributed by atoms with Crippen LogP contribution in [0.4, 0.5) is 0 Å². The van der Waals surface area contributed by atoms with Crippen molar-refractivity contribution in [2.75, 3.05) is 45.9 Å². The van der Waals surface area contributed by atoms with Gasteiger partial charge in [-0.25, -0.2) is 10.3 Å². The Labute approximate surface area is 228 Å². The first-order valence-electron chi connectivity index (χ1n) is 14.5. The van der Waals surface area contributed by atoms with E-state index in [1.165, 1.54) is 11.0 Å². The first kappa shape index (κ1) is 30.1. The van der Waals surface area contributed by atoms with Crippen molar-refractivity contribution in [3.05, 3.63) is 54.1 Å². The first-order valence-corrected chi connectivity index (χ1v) is 14.5. The van der Waals surface area contributed by atoms with Crippen LogP contribution in [0.25, 0.3) is 10.8 Å². The van der Waals surface area contributed by atoms with Gasteiger partial charge in [0, 0.05) is 31.4 Å². The number of fused-ring (bicyclic) bond motifs is 1. The van der Waals surface area contributed by atoms with E-state index in [-0.39, 0.29) is 12.2 Å². The van der Waals surface area contributed by atoms with Crippen LogP contribution in [0.15, 0.2) is 54.1 Å². The second-order valence-corrected chi connectivity index (χ2v) is 9.87. The van der Waals surface area contributed by atoms with Crippen LogP contribution in [0.5, 0.6) is 5.75 Å². The molecule has 210 valence electrons. The van der Waals surface area contributed by atoms with Crippen LogP contribution in [0, 0.1) is 0 Å². The summed E-state index contributed by atoms with van der Waals surface area (Å²) in [7, 11) is 0. The number of carbonyl (C=O) groups excluding carboxylic acids is 1. The minimum atomic E-state index is -0.306. The number of allylic oxidation sites excluding steroid dienone is 1. The van der Waals surface area contributed by atoms with Gasteiger partial charge in [0.15, 0.2) is 6.29 Å². The Bertz CT molecular complexity index is 965. The molecule has 1 aliphatic heterocycles. The molecule has 0 bridgehead atoms. The number of ether oxygens (including phenoxy) is 2. The molecule has 1 aliphatic rings. The lowest BCUT2D eigenvalue weighted by Crippen LogP contribution is -2.32. The molecule has 1 heterocycles. The Balaban J connectivity index is 1.43. The zero-order valence-corrected chi connectivity index (χ0v) is 23.4. The van der Waals surface area contributed by atoms with Gasteiger partial charge in [0.05, 0.1) is 0 Å². The summed E-state index contributed by atoms with van der Waals surface area (Å²) >= 11 is 0. The summed E-state index contributed by atoms with van der Waals surface area (Å²) in [4.78, 5) is 19.9. The van der Waals surface area contributed by atoms with E-state index in [0.717, 1.165) is 88.8 Å². The number of unbranched alkanes of at least 4 members (excludes halogenated alkanes) is 2. The Morgan fingerprint density at radius 2 is 1.92 bits per heavy atom. The Hall–Kier alpha value is -2.45. The van der Waals surface area contributed by atoms with E-state index < -0.39 is 0 Å². The third-order valence-electron chi connectivity index (χ3n) is 6.97. The second kappa shape index (κ2) is 17.9. The minimum Gasteiger partial charge on any atom is -0.489 e. The van der Waals surface area contributed by atoms with Gasteiger partial charge < -0.3 is 19.7 Å². The summed E-state index contributed by atoms with van der Waals surface area (Å²) in [5, 5.41) is 5.92. The molecule has 0 aliphatic carbocycles. The molecule has 38 heavy (non-hydrogen) atoms. The summed E-state index contributed by atoms with van der Waals surface area (Å²) < 4.78 is 11.8. The average Bonchev–Trinajstić information content (AvgIpc) is 2.96. The molecule has 1 fully saturated rings. The fraction of sp³-hybridized carbons (Fsp3) is 0.581. The van der Waals surface area contributed by atoms with Gasteiger partial charge in [-0.15, -0.1) is 0 Å². The molecule has 0 aromatic heterocycles. The van der Waals surface area contributed by atoms with E-state index in [2.05, 4.69) is 59.9 Å². The second-order valence-electron chi connectivity index (χ2n) is 9.87. The van der Waals surface area contributed by atoms with Gasteiger partial charge in [0.1, 0.15) is 12.4 Å². The van der Waals surface area contributed by atoms with Gasteiger partial charge in [0.25, 0.3) is 0 Å². The average molecular weight is 526 g/mol. The number of rotatable bonds is 18. The van der Waals surface area contributed by atoms with Crippen LogP contribution < -0.4 is 15.5 Å². The summed E-state index contributed by atoms with van der Waals surface area (Å²) in [5.41, 5.74) is 3.79. The highest BCUT2D eigenvalue weighted by atomic mass is 16.8. The SMILES string of the molecule is CCN(CC)CCCNCC(=CCCCCC(=O)NOC1CCCCO1)COc1cccc2ccccc12.